The van der Waals surface area contributed by atoms with Crippen molar-refractivity contribution in [1.29, 1.82) is 0 Å². The Morgan fingerprint density at radius 3 is 3.00 bits per heavy atom. The van der Waals surface area contributed by atoms with Crippen LogP contribution in [-0.2, 0) is 4.79 Å². The van der Waals surface area contributed by atoms with E-state index in [2.05, 4.69) is 10.2 Å². The molecule has 3 N–H and O–H groups in total. The lowest BCUT2D eigenvalue weighted by molar-refractivity contribution is -0.141. The Kier molecular flexibility index (Phi) is 2.72. The van der Waals surface area contributed by atoms with Crippen molar-refractivity contribution in [2.75, 3.05) is 23.7 Å². The van der Waals surface area contributed by atoms with Gasteiger partial charge in [-0.05, 0) is 12.8 Å². The lowest BCUT2D eigenvalue weighted by Gasteiger charge is -2.29. The molecule has 82 valence electrons. The summed E-state index contributed by atoms with van der Waals surface area (Å²) in [6.45, 7) is 1.34. The van der Waals surface area contributed by atoms with Crippen LogP contribution in [0.25, 0.3) is 0 Å². The highest BCUT2D eigenvalue weighted by atomic mass is 32.1. The van der Waals surface area contributed by atoms with Crippen molar-refractivity contribution >= 4 is 27.6 Å². The van der Waals surface area contributed by atoms with Gasteiger partial charge in [0, 0.05) is 13.1 Å². The first-order valence-corrected chi connectivity index (χ1v) is 5.55. The first-order chi connectivity index (χ1) is 7.16. The van der Waals surface area contributed by atoms with Crippen molar-refractivity contribution in [3.8, 4) is 0 Å². The van der Waals surface area contributed by atoms with Gasteiger partial charge in [-0.2, -0.15) is 0 Å². The normalized spacial score (nSPS) is 21.6. The standard InChI is InChI=1S/C8H12N4O2S/c9-7-10-11-8(15-7)12-3-1-2-5(4-12)6(13)14/h5H,1-4H2,(H2,9,10)(H,13,14)/t5-/m0/s1. The molecule has 7 heteroatoms. The van der Waals surface area contributed by atoms with E-state index in [0.29, 0.717) is 11.7 Å². The number of rotatable bonds is 2. The van der Waals surface area contributed by atoms with Crippen LogP contribution in [0.2, 0.25) is 0 Å². The van der Waals surface area contributed by atoms with Gasteiger partial charge in [0.1, 0.15) is 0 Å². The number of anilines is 2. The number of nitrogen functional groups attached to an aromatic ring is 1. The minimum atomic E-state index is -0.739. The second-order valence-corrected chi connectivity index (χ2v) is 4.53. The number of carboxylic acids is 1. The fourth-order valence-corrected chi connectivity index (χ4v) is 2.35. The van der Waals surface area contributed by atoms with Crippen LogP contribution < -0.4 is 10.6 Å². The fourth-order valence-electron chi connectivity index (χ4n) is 1.71. The van der Waals surface area contributed by atoms with Crippen molar-refractivity contribution in [3.05, 3.63) is 0 Å². The zero-order valence-corrected chi connectivity index (χ0v) is 8.90. The molecule has 2 rings (SSSR count). The van der Waals surface area contributed by atoms with Crippen LogP contribution >= 0.6 is 11.3 Å². The lowest BCUT2D eigenvalue weighted by atomic mass is 9.99. The van der Waals surface area contributed by atoms with Crippen LogP contribution in [-0.4, -0.2) is 34.4 Å². The molecule has 1 aliphatic heterocycles. The molecule has 0 aromatic carbocycles. The predicted octanol–water partition coefficient (Wildman–Crippen LogP) is 0.421. The van der Waals surface area contributed by atoms with Gasteiger partial charge in [0.2, 0.25) is 10.3 Å². The van der Waals surface area contributed by atoms with Crippen molar-refractivity contribution in [1.82, 2.24) is 10.2 Å². The topological polar surface area (TPSA) is 92.3 Å². The molecule has 1 fully saturated rings. The highest BCUT2D eigenvalue weighted by Gasteiger charge is 2.26. The number of nitrogens with zero attached hydrogens (tertiary/aromatic N) is 3. The van der Waals surface area contributed by atoms with E-state index in [0.717, 1.165) is 24.5 Å². The maximum absolute atomic E-state index is 10.9. The molecule has 1 aliphatic rings. The summed E-state index contributed by atoms with van der Waals surface area (Å²) in [5.74, 6) is -1.04. The number of carboxylic acid groups (broad SMARTS) is 1. The molecular formula is C8H12N4O2S. The van der Waals surface area contributed by atoms with Crippen LogP contribution in [0.3, 0.4) is 0 Å². The summed E-state index contributed by atoms with van der Waals surface area (Å²) in [6.07, 6.45) is 1.61. The Bertz CT molecular complexity index is 367. The molecule has 6 nitrogen and oxygen atoms in total. The Hall–Kier alpha value is -1.37. The zero-order chi connectivity index (χ0) is 10.8. The average Bonchev–Trinajstić information content (AvgIpc) is 2.65. The minimum absolute atomic E-state index is 0.302. The highest BCUT2D eigenvalue weighted by Crippen LogP contribution is 2.26. The summed E-state index contributed by atoms with van der Waals surface area (Å²) < 4.78 is 0. The molecule has 1 aromatic heterocycles. The number of piperidine rings is 1. The van der Waals surface area contributed by atoms with Crippen molar-refractivity contribution in [2.45, 2.75) is 12.8 Å². The first kappa shape index (κ1) is 10.2. The molecule has 0 bridgehead atoms. The summed E-state index contributed by atoms with van der Waals surface area (Å²) >= 11 is 1.30. The van der Waals surface area contributed by atoms with Gasteiger partial charge in [0.25, 0.3) is 0 Å². The molecule has 15 heavy (non-hydrogen) atoms. The zero-order valence-electron chi connectivity index (χ0n) is 8.09. The van der Waals surface area contributed by atoms with Gasteiger partial charge in [-0.1, -0.05) is 11.3 Å². The van der Waals surface area contributed by atoms with E-state index in [1.807, 2.05) is 4.90 Å². The summed E-state index contributed by atoms with van der Waals surface area (Å²) in [5, 5.41) is 17.7. The molecule has 1 aromatic rings. The molecule has 0 unspecified atom stereocenters. The second-order valence-electron chi connectivity index (χ2n) is 3.55. The number of hydrogen-bond donors (Lipinski definition) is 2. The maximum atomic E-state index is 10.9. The van der Waals surface area contributed by atoms with E-state index in [1.165, 1.54) is 11.3 Å². The maximum Gasteiger partial charge on any atom is 0.308 e. The quantitative estimate of drug-likeness (QED) is 0.762. The third kappa shape index (κ3) is 2.17. The molecule has 0 amide bonds. The third-order valence-electron chi connectivity index (χ3n) is 2.47. The van der Waals surface area contributed by atoms with Gasteiger partial charge in [0.05, 0.1) is 5.92 Å². The molecule has 0 saturated carbocycles. The van der Waals surface area contributed by atoms with Gasteiger partial charge >= 0.3 is 5.97 Å². The summed E-state index contributed by atoms with van der Waals surface area (Å²) in [6, 6.07) is 0. The van der Waals surface area contributed by atoms with E-state index < -0.39 is 5.97 Å². The van der Waals surface area contributed by atoms with E-state index in [4.69, 9.17) is 10.8 Å². The Morgan fingerprint density at radius 1 is 1.60 bits per heavy atom. The van der Waals surface area contributed by atoms with Crippen LogP contribution in [0.4, 0.5) is 10.3 Å². The number of aromatic nitrogens is 2. The largest absolute Gasteiger partial charge is 0.481 e. The molecule has 0 spiro atoms. The molecule has 1 atom stereocenters. The predicted molar refractivity (Wildman–Crippen MR) is 56.9 cm³/mol. The molecule has 1 saturated heterocycles. The Labute approximate surface area is 90.7 Å². The van der Waals surface area contributed by atoms with Gasteiger partial charge < -0.3 is 15.7 Å². The highest BCUT2D eigenvalue weighted by molar-refractivity contribution is 7.18. The number of carbonyl (C=O) groups is 1. The Morgan fingerprint density at radius 2 is 2.40 bits per heavy atom. The van der Waals surface area contributed by atoms with Crippen molar-refractivity contribution in [2.24, 2.45) is 5.92 Å². The summed E-state index contributed by atoms with van der Waals surface area (Å²) in [5.41, 5.74) is 5.48. The van der Waals surface area contributed by atoms with Crippen LogP contribution in [0.5, 0.6) is 0 Å². The van der Waals surface area contributed by atoms with Crippen LogP contribution in [0, 0.1) is 5.92 Å². The van der Waals surface area contributed by atoms with Gasteiger partial charge in [-0.25, -0.2) is 0 Å². The first-order valence-electron chi connectivity index (χ1n) is 4.73. The average molecular weight is 228 g/mol. The number of hydrogen-bond acceptors (Lipinski definition) is 6. The smallest absolute Gasteiger partial charge is 0.308 e. The summed E-state index contributed by atoms with van der Waals surface area (Å²) in [7, 11) is 0. The van der Waals surface area contributed by atoms with Gasteiger partial charge in [-0.3, -0.25) is 4.79 Å². The van der Waals surface area contributed by atoms with Crippen LogP contribution in [0.15, 0.2) is 0 Å². The number of nitrogens with two attached hydrogens (primary N) is 1. The van der Waals surface area contributed by atoms with E-state index in [9.17, 15) is 4.79 Å². The lowest BCUT2D eigenvalue weighted by Crippen LogP contribution is -2.38. The van der Waals surface area contributed by atoms with Gasteiger partial charge in [0.15, 0.2) is 0 Å². The van der Waals surface area contributed by atoms with Crippen molar-refractivity contribution in [3.63, 3.8) is 0 Å². The number of aliphatic carboxylic acids is 1. The third-order valence-corrected chi connectivity index (χ3v) is 3.28. The molecular weight excluding hydrogens is 216 g/mol. The summed E-state index contributed by atoms with van der Waals surface area (Å²) in [4.78, 5) is 12.8. The minimum Gasteiger partial charge on any atom is -0.481 e. The van der Waals surface area contributed by atoms with E-state index in [1.54, 1.807) is 0 Å². The second kappa shape index (κ2) is 4.01. The monoisotopic (exact) mass is 228 g/mol. The fraction of sp³-hybridized carbons (Fsp3) is 0.625. The van der Waals surface area contributed by atoms with E-state index in [-0.39, 0.29) is 5.92 Å². The Balaban J connectivity index is 2.07. The molecule has 2 heterocycles. The van der Waals surface area contributed by atoms with Gasteiger partial charge in [-0.15, -0.1) is 10.2 Å². The molecule has 0 radical (unpaired) electrons. The van der Waals surface area contributed by atoms with Crippen LogP contribution in [0.1, 0.15) is 12.8 Å². The SMILES string of the molecule is Nc1nnc(N2CCC[C@H](C(=O)O)C2)s1. The van der Waals surface area contributed by atoms with Crippen molar-refractivity contribution < 1.29 is 9.90 Å². The molecule has 0 aliphatic carbocycles. The van der Waals surface area contributed by atoms with E-state index >= 15 is 0 Å².